The standard InChI is InChI=1S/C19H19FN2O4S/c1-12-3-6-15(7-4-12)27(25,26)22-17(9-10-18(22)23)19(24)21-16-8-5-14(20)11-13(16)2/h3-8,11,17H,9-10H2,1-2H3,(H,21,24). The van der Waals surface area contributed by atoms with Crippen molar-refractivity contribution in [2.75, 3.05) is 5.32 Å². The summed E-state index contributed by atoms with van der Waals surface area (Å²) in [5, 5.41) is 2.60. The normalized spacial score (nSPS) is 17.2. The van der Waals surface area contributed by atoms with Crippen LogP contribution in [0, 0.1) is 19.7 Å². The zero-order valence-electron chi connectivity index (χ0n) is 14.9. The van der Waals surface area contributed by atoms with E-state index in [1.807, 2.05) is 6.92 Å². The number of rotatable bonds is 4. The molecular weight excluding hydrogens is 371 g/mol. The molecule has 1 fully saturated rings. The van der Waals surface area contributed by atoms with Crippen molar-refractivity contribution in [1.82, 2.24) is 4.31 Å². The van der Waals surface area contributed by atoms with E-state index in [1.165, 1.54) is 30.3 Å². The maximum atomic E-state index is 13.2. The lowest BCUT2D eigenvalue weighted by molar-refractivity contribution is -0.128. The molecule has 27 heavy (non-hydrogen) atoms. The SMILES string of the molecule is Cc1ccc(S(=O)(=O)N2C(=O)CCC2C(=O)Nc2ccc(F)cc2C)cc1. The molecule has 2 aromatic carbocycles. The van der Waals surface area contributed by atoms with Crippen LogP contribution in [-0.2, 0) is 19.6 Å². The van der Waals surface area contributed by atoms with E-state index in [-0.39, 0.29) is 17.7 Å². The van der Waals surface area contributed by atoms with Gasteiger partial charge in [-0.25, -0.2) is 17.1 Å². The smallest absolute Gasteiger partial charge is 0.267 e. The third-order valence-corrected chi connectivity index (χ3v) is 6.33. The van der Waals surface area contributed by atoms with Gasteiger partial charge in [0.1, 0.15) is 11.9 Å². The van der Waals surface area contributed by atoms with Gasteiger partial charge < -0.3 is 5.32 Å². The fraction of sp³-hybridized carbons (Fsp3) is 0.263. The molecule has 1 aliphatic rings. The number of sulfonamides is 1. The first-order valence-electron chi connectivity index (χ1n) is 8.41. The first-order chi connectivity index (χ1) is 12.7. The summed E-state index contributed by atoms with van der Waals surface area (Å²) in [6, 6.07) is 8.80. The third kappa shape index (κ3) is 3.71. The Hall–Kier alpha value is -2.74. The Kier molecular flexibility index (Phi) is 5.01. The molecule has 0 spiro atoms. The Balaban J connectivity index is 1.89. The van der Waals surface area contributed by atoms with Crippen molar-refractivity contribution in [2.24, 2.45) is 0 Å². The van der Waals surface area contributed by atoms with E-state index in [0.717, 1.165) is 5.56 Å². The maximum absolute atomic E-state index is 13.2. The number of carbonyl (C=O) groups is 2. The average molecular weight is 390 g/mol. The number of halogens is 1. The van der Waals surface area contributed by atoms with E-state index in [4.69, 9.17) is 0 Å². The molecule has 0 bridgehead atoms. The number of carbonyl (C=O) groups excluding carboxylic acids is 2. The predicted molar refractivity (Wildman–Crippen MR) is 98.0 cm³/mol. The van der Waals surface area contributed by atoms with Crippen LogP contribution in [-0.4, -0.2) is 30.6 Å². The molecule has 0 radical (unpaired) electrons. The summed E-state index contributed by atoms with van der Waals surface area (Å²) >= 11 is 0. The Morgan fingerprint density at radius 1 is 1.15 bits per heavy atom. The predicted octanol–water partition coefficient (Wildman–Crippen LogP) is 2.76. The molecular formula is C19H19FN2O4S. The van der Waals surface area contributed by atoms with Crippen LogP contribution in [0.3, 0.4) is 0 Å². The molecule has 1 aliphatic heterocycles. The van der Waals surface area contributed by atoms with Crippen LogP contribution in [0.25, 0.3) is 0 Å². The van der Waals surface area contributed by atoms with Crippen LogP contribution in [0.5, 0.6) is 0 Å². The Morgan fingerprint density at radius 3 is 2.44 bits per heavy atom. The fourth-order valence-corrected chi connectivity index (χ4v) is 4.61. The van der Waals surface area contributed by atoms with Gasteiger partial charge in [-0.15, -0.1) is 0 Å². The number of anilines is 1. The molecule has 1 N–H and O–H groups in total. The van der Waals surface area contributed by atoms with Crippen LogP contribution in [0.15, 0.2) is 47.4 Å². The van der Waals surface area contributed by atoms with Crippen molar-refractivity contribution in [1.29, 1.82) is 0 Å². The van der Waals surface area contributed by atoms with Gasteiger partial charge in [-0.05, 0) is 56.2 Å². The van der Waals surface area contributed by atoms with Crippen molar-refractivity contribution >= 4 is 27.5 Å². The fourth-order valence-electron chi connectivity index (χ4n) is 3.01. The monoisotopic (exact) mass is 390 g/mol. The molecule has 2 aromatic rings. The van der Waals surface area contributed by atoms with Crippen LogP contribution >= 0.6 is 0 Å². The molecule has 8 heteroatoms. The molecule has 1 saturated heterocycles. The highest BCUT2D eigenvalue weighted by Crippen LogP contribution is 2.28. The van der Waals surface area contributed by atoms with Crippen molar-refractivity contribution in [3.63, 3.8) is 0 Å². The minimum Gasteiger partial charge on any atom is -0.324 e. The van der Waals surface area contributed by atoms with Crippen LogP contribution in [0.2, 0.25) is 0 Å². The molecule has 0 aliphatic carbocycles. The number of aryl methyl sites for hydroxylation is 2. The van der Waals surface area contributed by atoms with Gasteiger partial charge in [0, 0.05) is 12.1 Å². The number of nitrogens with one attached hydrogen (secondary N) is 1. The lowest BCUT2D eigenvalue weighted by atomic mass is 10.1. The van der Waals surface area contributed by atoms with Gasteiger partial charge in [0.2, 0.25) is 11.8 Å². The van der Waals surface area contributed by atoms with Gasteiger partial charge in [0.15, 0.2) is 0 Å². The highest BCUT2D eigenvalue weighted by Gasteiger charge is 2.44. The Labute approximate surface area is 157 Å². The second-order valence-electron chi connectivity index (χ2n) is 6.51. The highest BCUT2D eigenvalue weighted by molar-refractivity contribution is 7.89. The third-order valence-electron chi connectivity index (χ3n) is 4.49. The minimum atomic E-state index is -4.15. The molecule has 0 aromatic heterocycles. The molecule has 6 nitrogen and oxygen atoms in total. The highest BCUT2D eigenvalue weighted by atomic mass is 32.2. The van der Waals surface area contributed by atoms with E-state index in [1.54, 1.807) is 19.1 Å². The first kappa shape index (κ1) is 19.0. The number of hydrogen-bond donors (Lipinski definition) is 1. The van der Waals surface area contributed by atoms with Gasteiger partial charge in [-0.2, -0.15) is 0 Å². The van der Waals surface area contributed by atoms with Gasteiger partial charge in [-0.1, -0.05) is 17.7 Å². The van der Waals surface area contributed by atoms with Gasteiger partial charge in [0.25, 0.3) is 10.0 Å². The van der Waals surface area contributed by atoms with E-state index < -0.39 is 33.7 Å². The van der Waals surface area contributed by atoms with Gasteiger partial charge in [0.05, 0.1) is 4.90 Å². The molecule has 1 heterocycles. The molecule has 3 rings (SSSR count). The van der Waals surface area contributed by atoms with E-state index in [0.29, 0.717) is 15.6 Å². The topological polar surface area (TPSA) is 83.6 Å². The van der Waals surface area contributed by atoms with E-state index in [2.05, 4.69) is 5.32 Å². The van der Waals surface area contributed by atoms with Crippen LogP contribution in [0.4, 0.5) is 10.1 Å². The summed E-state index contributed by atoms with van der Waals surface area (Å²) in [4.78, 5) is 24.9. The summed E-state index contributed by atoms with van der Waals surface area (Å²) in [5.74, 6) is -1.68. The molecule has 1 atom stereocenters. The van der Waals surface area contributed by atoms with Crippen LogP contribution < -0.4 is 5.32 Å². The summed E-state index contributed by atoms with van der Waals surface area (Å²) in [7, 11) is -4.15. The maximum Gasteiger partial charge on any atom is 0.267 e. The second-order valence-corrected chi connectivity index (χ2v) is 8.33. The second kappa shape index (κ2) is 7.11. The number of nitrogens with zero attached hydrogens (tertiary/aromatic N) is 1. The number of benzene rings is 2. The minimum absolute atomic E-state index is 0.0361. The lowest BCUT2D eigenvalue weighted by Gasteiger charge is -2.24. The summed E-state index contributed by atoms with van der Waals surface area (Å²) < 4.78 is 39.7. The zero-order valence-corrected chi connectivity index (χ0v) is 15.7. The first-order valence-corrected chi connectivity index (χ1v) is 9.85. The molecule has 2 amide bonds. The number of amides is 2. The van der Waals surface area contributed by atoms with Gasteiger partial charge in [-0.3, -0.25) is 9.59 Å². The number of hydrogen-bond acceptors (Lipinski definition) is 4. The van der Waals surface area contributed by atoms with Gasteiger partial charge >= 0.3 is 0 Å². The average Bonchev–Trinajstić information content (AvgIpc) is 3.00. The van der Waals surface area contributed by atoms with E-state index in [9.17, 15) is 22.4 Å². The quantitative estimate of drug-likeness (QED) is 0.870. The van der Waals surface area contributed by atoms with Crippen molar-refractivity contribution in [3.05, 3.63) is 59.4 Å². The Morgan fingerprint density at radius 2 is 1.81 bits per heavy atom. The van der Waals surface area contributed by atoms with Crippen molar-refractivity contribution in [2.45, 2.75) is 37.6 Å². The summed E-state index contributed by atoms with van der Waals surface area (Å²) in [6.07, 6.45) is 0.0571. The van der Waals surface area contributed by atoms with Crippen molar-refractivity contribution < 1.29 is 22.4 Å². The van der Waals surface area contributed by atoms with E-state index >= 15 is 0 Å². The Bertz CT molecular complexity index is 1000. The largest absolute Gasteiger partial charge is 0.324 e. The summed E-state index contributed by atoms with van der Waals surface area (Å²) in [5.41, 5.74) is 1.75. The van der Waals surface area contributed by atoms with Crippen LogP contribution in [0.1, 0.15) is 24.0 Å². The molecule has 0 saturated carbocycles. The molecule has 142 valence electrons. The zero-order chi connectivity index (χ0) is 19.8. The lowest BCUT2D eigenvalue weighted by Crippen LogP contribution is -2.45. The summed E-state index contributed by atoms with van der Waals surface area (Å²) in [6.45, 7) is 3.44. The molecule has 1 unspecified atom stereocenters. The van der Waals surface area contributed by atoms with Crippen molar-refractivity contribution in [3.8, 4) is 0 Å².